The summed E-state index contributed by atoms with van der Waals surface area (Å²) >= 11 is 0. The van der Waals surface area contributed by atoms with E-state index in [1.807, 2.05) is 6.07 Å². The summed E-state index contributed by atoms with van der Waals surface area (Å²) in [5.41, 5.74) is 0.453. The van der Waals surface area contributed by atoms with Crippen molar-refractivity contribution in [3.8, 4) is 0 Å². The molecule has 3 rings (SSSR count). The minimum atomic E-state index is -0.878. The second-order valence-electron chi connectivity index (χ2n) is 5.94. The number of piperidine rings is 1. The van der Waals surface area contributed by atoms with Crippen molar-refractivity contribution in [1.29, 1.82) is 0 Å². The van der Waals surface area contributed by atoms with E-state index in [9.17, 15) is 18.4 Å². The Labute approximate surface area is 138 Å². The summed E-state index contributed by atoms with van der Waals surface area (Å²) in [5.74, 6) is -2.41. The summed E-state index contributed by atoms with van der Waals surface area (Å²) in [7, 11) is 0. The quantitative estimate of drug-likeness (QED) is 0.805. The Balaban J connectivity index is 1.75. The van der Waals surface area contributed by atoms with Crippen molar-refractivity contribution < 1.29 is 18.4 Å². The average Bonchev–Trinajstić information content (AvgIpc) is 2.61. The molecule has 0 spiro atoms. The van der Waals surface area contributed by atoms with Gasteiger partial charge in [0.25, 0.3) is 5.91 Å². The highest BCUT2D eigenvalue weighted by atomic mass is 19.1. The van der Waals surface area contributed by atoms with Crippen LogP contribution >= 0.6 is 0 Å². The van der Waals surface area contributed by atoms with Gasteiger partial charge in [-0.15, -0.1) is 0 Å². The van der Waals surface area contributed by atoms with Crippen molar-refractivity contribution in [2.45, 2.75) is 12.8 Å². The summed E-state index contributed by atoms with van der Waals surface area (Å²) in [4.78, 5) is 26.5. The molecule has 1 aliphatic heterocycles. The molecule has 0 radical (unpaired) electrons. The van der Waals surface area contributed by atoms with E-state index < -0.39 is 17.5 Å². The molecule has 3 nitrogen and oxygen atoms in total. The van der Waals surface area contributed by atoms with Crippen LogP contribution in [0.1, 0.15) is 33.6 Å². The lowest BCUT2D eigenvalue weighted by Crippen LogP contribution is -2.42. The van der Waals surface area contributed by atoms with Crippen LogP contribution in [0.4, 0.5) is 8.78 Å². The number of Topliss-reactive ketones (excluding diaryl/α,β-unsaturated/α-hetero) is 1. The molecular weight excluding hydrogens is 312 g/mol. The largest absolute Gasteiger partial charge is 0.338 e. The molecule has 2 aromatic carbocycles. The molecule has 1 heterocycles. The van der Waals surface area contributed by atoms with Gasteiger partial charge in [-0.1, -0.05) is 30.3 Å². The second kappa shape index (κ2) is 6.91. The molecule has 1 fully saturated rings. The molecule has 1 aliphatic rings. The number of halogens is 2. The van der Waals surface area contributed by atoms with Gasteiger partial charge in [0, 0.05) is 30.6 Å². The third-order valence-corrected chi connectivity index (χ3v) is 4.30. The summed E-state index contributed by atoms with van der Waals surface area (Å²) in [6, 6.07) is 11.8. The van der Waals surface area contributed by atoms with Gasteiger partial charge in [-0.3, -0.25) is 9.59 Å². The minimum absolute atomic E-state index is 0.00678. The zero-order chi connectivity index (χ0) is 17.1. The first-order valence-corrected chi connectivity index (χ1v) is 7.90. The average molecular weight is 329 g/mol. The molecule has 0 aromatic heterocycles. The van der Waals surface area contributed by atoms with Crippen LogP contribution in [0.15, 0.2) is 48.5 Å². The van der Waals surface area contributed by atoms with Crippen LogP contribution in [0.3, 0.4) is 0 Å². The second-order valence-corrected chi connectivity index (χ2v) is 5.94. The maximum absolute atomic E-state index is 13.8. The van der Waals surface area contributed by atoms with Crippen LogP contribution in [-0.2, 0) is 0 Å². The highest BCUT2D eigenvalue weighted by Crippen LogP contribution is 2.23. The molecule has 1 atom stereocenters. The Hall–Kier alpha value is -2.56. The van der Waals surface area contributed by atoms with Gasteiger partial charge in [-0.05, 0) is 25.0 Å². The van der Waals surface area contributed by atoms with Crippen LogP contribution in [0.2, 0.25) is 0 Å². The Morgan fingerprint density at radius 2 is 1.79 bits per heavy atom. The number of nitrogens with zero attached hydrogens (tertiary/aromatic N) is 1. The molecule has 0 N–H and O–H groups in total. The van der Waals surface area contributed by atoms with E-state index >= 15 is 0 Å². The van der Waals surface area contributed by atoms with Crippen molar-refractivity contribution in [3.63, 3.8) is 0 Å². The highest BCUT2D eigenvalue weighted by Gasteiger charge is 2.30. The summed E-state index contributed by atoms with van der Waals surface area (Å²) in [6.07, 6.45) is 1.38. The molecule has 0 bridgehead atoms. The summed E-state index contributed by atoms with van der Waals surface area (Å²) in [5, 5.41) is 0. The normalized spacial score (nSPS) is 17.6. The van der Waals surface area contributed by atoms with Crippen LogP contribution in [0, 0.1) is 17.6 Å². The van der Waals surface area contributed by atoms with Crippen molar-refractivity contribution in [3.05, 3.63) is 71.3 Å². The van der Waals surface area contributed by atoms with E-state index in [0.29, 0.717) is 31.0 Å². The number of hydrogen-bond acceptors (Lipinski definition) is 2. The fourth-order valence-electron chi connectivity index (χ4n) is 3.05. The predicted octanol–water partition coefficient (Wildman–Crippen LogP) is 3.70. The van der Waals surface area contributed by atoms with E-state index in [-0.39, 0.29) is 23.8 Å². The smallest absolute Gasteiger partial charge is 0.256 e. The lowest BCUT2D eigenvalue weighted by molar-refractivity contribution is 0.0633. The third-order valence-electron chi connectivity index (χ3n) is 4.30. The van der Waals surface area contributed by atoms with Gasteiger partial charge in [0.1, 0.15) is 11.6 Å². The van der Waals surface area contributed by atoms with Gasteiger partial charge in [-0.25, -0.2) is 8.78 Å². The monoisotopic (exact) mass is 329 g/mol. The first-order valence-electron chi connectivity index (χ1n) is 7.90. The van der Waals surface area contributed by atoms with Gasteiger partial charge in [0.15, 0.2) is 5.78 Å². The minimum Gasteiger partial charge on any atom is -0.338 e. The number of carbonyl (C=O) groups excluding carboxylic acids is 2. The molecule has 1 amide bonds. The van der Waals surface area contributed by atoms with Crippen molar-refractivity contribution in [2.24, 2.45) is 5.92 Å². The number of amides is 1. The fourth-order valence-corrected chi connectivity index (χ4v) is 3.05. The van der Waals surface area contributed by atoms with Gasteiger partial charge in [0.05, 0.1) is 5.56 Å². The lowest BCUT2D eigenvalue weighted by atomic mass is 9.89. The van der Waals surface area contributed by atoms with Crippen LogP contribution in [0.5, 0.6) is 0 Å². The highest BCUT2D eigenvalue weighted by molar-refractivity contribution is 5.99. The Bertz CT molecular complexity index is 761. The van der Waals surface area contributed by atoms with E-state index in [1.165, 1.54) is 4.90 Å². The Morgan fingerprint density at radius 3 is 2.50 bits per heavy atom. The topological polar surface area (TPSA) is 37.4 Å². The summed E-state index contributed by atoms with van der Waals surface area (Å²) < 4.78 is 26.8. The first-order chi connectivity index (χ1) is 11.6. The zero-order valence-electron chi connectivity index (χ0n) is 13.0. The van der Waals surface area contributed by atoms with Gasteiger partial charge >= 0.3 is 0 Å². The Morgan fingerprint density at radius 1 is 1.04 bits per heavy atom. The number of benzene rings is 2. The Kier molecular flexibility index (Phi) is 4.69. The SMILES string of the molecule is O=C(c1ccccc1)C1CCCN(C(=O)c2ccc(F)cc2F)C1. The predicted molar refractivity (Wildman–Crippen MR) is 85.8 cm³/mol. The summed E-state index contributed by atoms with van der Waals surface area (Å²) in [6.45, 7) is 0.720. The maximum Gasteiger partial charge on any atom is 0.256 e. The molecule has 1 saturated heterocycles. The molecule has 0 aliphatic carbocycles. The number of hydrogen-bond donors (Lipinski definition) is 0. The molecule has 5 heteroatoms. The molecule has 1 unspecified atom stereocenters. The molecule has 124 valence electrons. The number of carbonyl (C=O) groups is 2. The van der Waals surface area contributed by atoms with E-state index in [2.05, 4.69) is 0 Å². The van der Waals surface area contributed by atoms with E-state index in [4.69, 9.17) is 0 Å². The molecule has 24 heavy (non-hydrogen) atoms. The number of ketones is 1. The first kappa shape index (κ1) is 16.3. The molecule has 2 aromatic rings. The van der Waals surface area contributed by atoms with Crippen molar-refractivity contribution in [2.75, 3.05) is 13.1 Å². The van der Waals surface area contributed by atoms with Gasteiger partial charge in [0.2, 0.25) is 0 Å². The van der Waals surface area contributed by atoms with Gasteiger partial charge in [-0.2, -0.15) is 0 Å². The third kappa shape index (κ3) is 3.35. The van der Waals surface area contributed by atoms with Crippen LogP contribution in [0.25, 0.3) is 0 Å². The van der Waals surface area contributed by atoms with Crippen molar-refractivity contribution >= 4 is 11.7 Å². The zero-order valence-corrected chi connectivity index (χ0v) is 13.0. The number of rotatable bonds is 3. The standard InChI is InChI=1S/C19H17F2NO2/c20-15-8-9-16(17(21)11-15)19(24)22-10-4-7-14(12-22)18(23)13-5-2-1-3-6-13/h1-3,5-6,8-9,11,14H,4,7,10,12H2. The van der Waals surface area contributed by atoms with Crippen LogP contribution < -0.4 is 0 Å². The maximum atomic E-state index is 13.8. The van der Waals surface area contributed by atoms with Crippen LogP contribution in [-0.4, -0.2) is 29.7 Å². The lowest BCUT2D eigenvalue weighted by Gasteiger charge is -2.32. The van der Waals surface area contributed by atoms with E-state index in [0.717, 1.165) is 12.1 Å². The van der Waals surface area contributed by atoms with Crippen molar-refractivity contribution in [1.82, 2.24) is 4.90 Å². The fraction of sp³-hybridized carbons (Fsp3) is 0.263. The molecule has 0 saturated carbocycles. The van der Waals surface area contributed by atoms with E-state index in [1.54, 1.807) is 24.3 Å². The molecular formula is C19H17F2NO2. The van der Waals surface area contributed by atoms with Gasteiger partial charge < -0.3 is 4.90 Å². The number of likely N-dealkylation sites (tertiary alicyclic amines) is 1.